The van der Waals surface area contributed by atoms with Gasteiger partial charge in [0.1, 0.15) is 0 Å². The van der Waals surface area contributed by atoms with E-state index in [4.69, 9.17) is 21.4 Å². The first kappa shape index (κ1) is 15.6. The highest BCUT2D eigenvalue weighted by Gasteiger charge is 2.38. The van der Waals surface area contributed by atoms with Gasteiger partial charge in [-0.25, -0.2) is 4.79 Å². The summed E-state index contributed by atoms with van der Waals surface area (Å²) in [6.07, 6.45) is -0.249. The van der Waals surface area contributed by atoms with Crippen molar-refractivity contribution in [3.8, 4) is 12.5 Å². The van der Waals surface area contributed by atoms with Crippen LogP contribution in [-0.4, -0.2) is 34.9 Å². The number of hydrogen-bond donors (Lipinski definition) is 3. The Kier molecular flexibility index (Phi) is 7.77. The normalized spacial score (nSPS) is 9.20. The van der Waals surface area contributed by atoms with Crippen LogP contribution in [0.4, 0.5) is 13.2 Å². The Morgan fingerprint density at radius 3 is 1.93 bits per heavy atom. The summed E-state index contributed by atoms with van der Waals surface area (Å²) in [5.74, 6) is -3.60. The lowest BCUT2D eigenvalue weighted by Gasteiger charge is -1.93. The minimum Gasteiger partial charge on any atom is -0.481 e. The van der Waals surface area contributed by atoms with Gasteiger partial charge in [-0.05, 0) is 0 Å². The van der Waals surface area contributed by atoms with Crippen molar-refractivity contribution in [2.45, 2.75) is 12.6 Å². The van der Waals surface area contributed by atoms with Crippen LogP contribution in [-0.2, 0) is 9.59 Å². The predicted octanol–water partition coefficient (Wildman–Crippen LogP) is 0.275. The smallest absolute Gasteiger partial charge is 0.481 e. The zero-order valence-corrected chi connectivity index (χ0v) is 7.34. The summed E-state index contributed by atoms with van der Waals surface area (Å²) in [7, 11) is 0. The monoisotopic (exact) mass is 227 g/mol. The molecule has 0 fully saturated rings. The van der Waals surface area contributed by atoms with Crippen molar-refractivity contribution < 1.29 is 33.0 Å². The highest BCUT2D eigenvalue weighted by Crippen LogP contribution is 2.13. The van der Waals surface area contributed by atoms with E-state index in [1.165, 1.54) is 0 Å². The molecular formula is C7H8F3NO4. The van der Waals surface area contributed by atoms with Crippen LogP contribution in [0.2, 0.25) is 0 Å². The number of halogens is 3. The molecule has 0 aliphatic carbocycles. The zero-order chi connectivity index (χ0) is 12.5. The fourth-order valence-electron chi connectivity index (χ4n) is 0.242. The third-order valence-electron chi connectivity index (χ3n) is 0.808. The molecular weight excluding hydrogens is 219 g/mol. The van der Waals surface area contributed by atoms with Crippen molar-refractivity contribution in [3.05, 3.63) is 0 Å². The van der Waals surface area contributed by atoms with Crippen molar-refractivity contribution >= 4 is 11.9 Å². The van der Waals surface area contributed by atoms with Crippen LogP contribution >= 0.6 is 0 Å². The van der Waals surface area contributed by atoms with Gasteiger partial charge in [0.05, 0.1) is 6.42 Å². The highest BCUT2D eigenvalue weighted by atomic mass is 19.4. The second-order valence-corrected chi connectivity index (χ2v) is 2.02. The number of carboxylic acid groups (broad SMARTS) is 2. The molecule has 0 aliphatic heterocycles. The number of nitrogens with one attached hydrogen (secondary N) is 1. The van der Waals surface area contributed by atoms with E-state index < -0.39 is 18.1 Å². The van der Waals surface area contributed by atoms with Crippen LogP contribution < -0.4 is 5.32 Å². The number of aliphatic carboxylic acids is 2. The van der Waals surface area contributed by atoms with Crippen LogP contribution in [0.15, 0.2) is 0 Å². The van der Waals surface area contributed by atoms with E-state index >= 15 is 0 Å². The first-order valence-electron chi connectivity index (χ1n) is 3.42. The lowest BCUT2D eigenvalue weighted by atomic mass is 10.4. The number of alkyl halides is 3. The van der Waals surface area contributed by atoms with E-state index in [0.717, 1.165) is 0 Å². The second-order valence-electron chi connectivity index (χ2n) is 2.02. The van der Waals surface area contributed by atoms with Gasteiger partial charge >= 0.3 is 18.1 Å². The molecule has 8 heteroatoms. The molecule has 0 aromatic carbocycles. The maximum absolute atomic E-state index is 10.6. The first-order valence-corrected chi connectivity index (χ1v) is 3.42. The van der Waals surface area contributed by atoms with Crippen LogP contribution in [0.5, 0.6) is 0 Å². The molecule has 15 heavy (non-hydrogen) atoms. The number of terminal acetylenes is 1. The van der Waals surface area contributed by atoms with Crippen molar-refractivity contribution in [1.82, 2.24) is 5.32 Å². The molecule has 5 nitrogen and oxygen atoms in total. The zero-order valence-electron chi connectivity index (χ0n) is 7.34. The average Bonchev–Trinajstić information content (AvgIpc) is 2.03. The third-order valence-corrected chi connectivity index (χ3v) is 0.808. The van der Waals surface area contributed by atoms with Crippen LogP contribution in [0.3, 0.4) is 0 Å². The minimum absolute atomic E-state index is 0.0736. The molecule has 0 aromatic heterocycles. The van der Waals surface area contributed by atoms with Crippen molar-refractivity contribution in [1.29, 1.82) is 0 Å². The van der Waals surface area contributed by atoms with Gasteiger partial charge < -0.3 is 15.5 Å². The highest BCUT2D eigenvalue weighted by molar-refractivity contribution is 5.73. The number of rotatable bonds is 3. The Labute approximate surface area is 82.9 Å². The van der Waals surface area contributed by atoms with E-state index in [1.54, 1.807) is 0 Å². The van der Waals surface area contributed by atoms with Crippen molar-refractivity contribution in [2.24, 2.45) is 0 Å². The average molecular weight is 227 g/mol. The molecule has 0 atom stereocenters. The van der Waals surface area contributed by atoms with E-state index in [1.807, 2.05) is 0 Å². The molecule has 0 radical (unpaired) electrons. The van der Waals surface area contributed by atoms with Gasteiger partial charge in [-0.3, -0.25) is 4.79 Å². The summed E-state index contributed by atoms with van der Waals surface area (Å²) >= 11 is 0. The molecule has 0 saturated carbocycles. The lowest BCUT2D eigenvalue weighted by molar-refractivity contribution is -0.192. The molecule has 0 rings (SSSR count). The summed E-state index contributed by atoms with van der Waals surface area (Å²) in [6.45, 7) is 0.339. The van der Waals surface area contributed by atoms with Gasteiger partial charge in [0.15, 0.2) is 0 Å². The molecule has 0 spiro atoms. The Morgan fingerprint density at radius 2 is 1.73 bits per heavy atom. The minimum atomic E-state index is -5.08. The Bertz CT molecular complexity index is 256. The summed E-state index contributed by atoms with van der Waals surface area (Å²) in [5.41, 5.74) is 0. The lowest BCUT2D eigenvalue weighted by Crippen LogP contribution is -2.21. The molecule has 0 unspecified atom stereocenters. The fourth-order valence-corrected chi connectivity index (χ4v) is 0.242. The summed E-state index contributed by atoms with van der Waals surface area (Å²) in [6, 6.07) is 2.11. The fraction of sp³-hybridized carbons (Fsp3) is 0.429. The van der Waals surface area contributed by atoms with Crippen molar-refractivity contribution in [3.63, 3.8) is 0 Å². The third kappa shape index (κ3) is 14.9. The van der Waals surface area contributed by atoms with E-state index in [0.29, 0.717) is 6.54 Å². The van der Waals surface area contributed by atoms with E-state index in [2.05, 4.69) is 11.4 Å². The maximum Gasteiger partial charge on any atom is 0.490 e. The predicted molar refractivity (Wildman–Crippen MR) is 42.8 cm³/mol. The Morgan fingerprint density at radius 1 is 1.33 bits per heavy atom. The molecule has 3 N–H and O–H groups in total. The van der Waals surface area contributed by atoms with Gasteiger partial charge in [0, 0.05) is 12.6 Å². The molecule has 0 aromatic rings. The number of carboxylic acids is 2. The number of carbonyl (C=O) groups is 2. The largest absolute Gasteiger partial charge is 0.490 e. The molecule has 0 amide bonds. The number of hydrogen-bond acceptors (Lipinski definition) is 3. The SMILES string of the molecule is C#CNCCC(=O)O.O=C(O)C(F)(F)F. The summed E-state index contributed by atoms with van der Waals surface area (Å²) in [5, 5.41) is 17.6. The van der Waals surface area contributed by atoms with E-state index in [9.17, 15) is 18.0 Å². The standard InChI is InChI=1S/C5H7NO2.C2HF3O2/c1-2-6-4-3-5(7)8;3-2(4,5)1(6)7/h1,6H,3-4H2,(H,7,8);(H,6,7). The van der Waals surface area contributed by atoms with Crippen LogP contribution in [0, 0.1) is 12.5 Å². The van der Waals surface area contributed by atoms with Crippen LogP contribution in [0.25, 0.3) is 0 Å². The van der Waals surface area contributed by atoms with Gasteiger partial charge in [-0.15, -0.1) is 0 Å². The van der Waals surface area contributed by atoms with Gasteiger partial charge in [0.2, 0.25) is 0 Å². The molecule has 0 aliphatic rings. The van der Waals surface area contributed by atoms with Crippen molar-refractivity contribution in [2.75, 3.05) is 6.54 Å². The maximum atomic E-state index is 10.6. The van der Waals surface area contributed by atoms with Gasteiger partial charge in [-0.1, -0.05) is 6.42 Å². The summed E-state index contributed by atoms with van der Waals surface area (Å²) in [4.78, 5) is 18.7. The Hall–Kier alpha value is -1.91. The first-order chi connectivity index (χ1) is 6.71. The topological polar surface area (TPSA) is 86.6 Å². The van der Waals surface area contributed by atoms with Gasteiger partial charge in [0.25, 0.3) is 0 Å². The molecule has 0 saturated heterocycles. The second kappa shape index (κ2) is 7.49. The van der Waals surface area contributed by atoms with Crippen LogP contribution in [0.1, 0.15) is 6.42 Å². The molecule has 0 bridgehead atoms. The van der Waals surface area contributed by atoms with Gasteiger partial charge in [-0.2, -0.15) is 13.2 Å². The Balaban J connectivity index is 0. The quantitative estimate of drug-likeness (QED) is 0.366. The van der Waals surface area contributed by atoms with E-state index in [-0.39, 0.29) is 6.42 Å². The summed E-state index contributed by atoms with van der Waals surface area (Å²) < 4.78 is 31.7. The molecule has 86 valence electrons. The molecule has 0 heterocycles.